The van der Waals surface area contributed by atoms with Gasteiger partial charge in [0.15, 0.2) is 0 Å². The Hall–Kier alpha value is -1.66. The van der Waals surface area contributed by atoms with Gasteiger partial charge in [0, 0.05) is 7.05 Å². The number of nitrogens with zero attached hydrogens (tertiary/aromatic N) is 1. The van der Waals surface area contributed by atoms with Gasteiger partial charge in [-0.3, -0.25) is 9.69 Å². The van der Waals surface area contributed by atoms with Gasteiger partial charge in [-0.1, -0.05) is 36.1 Å². The lowest BCUT2D eigenvalue weighted by Crippen LogP contribution is -2.22. The van der Waals surface area contributed by atoms with Crippen LogP contribution in [0.15, 0.2) is 29.2 Å². The maximum absolute atomic E-state index is 11.8. The van der Waals surface area contributed by atoms with Crippen molar-refractivity contribution in [1.82, 2.24) is 4.90 Å². The van der Waals surface area contributed by atoms with E-state index in [-0.39, 0.29) is 11.9 Å². The average molecular weight is 293 g/mol. The molecule has 0 unspecified atom stereocenters. The number of rotatable bonds is 2. The number of likely N-dealkylation sites (N-methyl/N-ethyl adjacent to an activating group) is 1. The molecule has 6 heteroatoms. The largest absolute Gasteiger partial charge is 0.465 e. The molecule has 0 saturated carbocycles. The highest BCUT2D eigenvalue weighted by atomic mass is 32.2. The predicted molar refractivity (Wildman–Crippen MR) is 78.7 cm³/mol. The Morgan fingerprint density at radius 1 is 1.37 bits per heavy atom. The molecule has 0 bridgehead atoms. The molecule has 0 spiro atoms. The van der Waals surface area contributed by atoms with Gasteiger partial charge in [0.25, 0.3) is 5.91 Å². The first-order valence-electron chi connectivity index (χ1n) is 5.43. The lowest BCUT2D eigenvalue weighted by atomic mass is 10.1. The maximum atomic E-state index is 11.8. The van der Waals surface area contributed by atoms with E-state index in [9.17, 15) is 9.59 Å². The second-order valence-corrected chi connectivity index (χ2v) is 5.53. The minimum Gasteiger partial charge on any atom is -0.465 e. The Bertz CT molecular complexity index is 578. The SMILES string of the molecule is COC(=O)c1ccc(C=C2SC(=S)N(C)C2=O)cc1. The highest BCUT2D eigenvalue weighted by Gasteiger charge is 2.28. The van der Waals surface area contributed by atoms with Gasteiger partial charge in [-0.2, -0.15) is 0 Å². The molecule has 1 heterocycles. The lowest BCUT2D eigenvalue weighted by molar-refractivity contribution is -0.121. The Morgan fingerprint density at radius 2 is 2.00 bits per heavy atom. The number of carbonyl (C=O) groups excluding carboxylic acids is 2. The van der Waals surface area contributed by atoms with Crippen LogP contribution in [0.4, 0.5) is 0 Å². The lowest BCUT2D eigenvalue weighted by Gasteiger charge is -2.03. The van der Waals surface area contributed by atoms with E-state index >= 15 is 0 Å². The highest BCUT2D eigenvalue weighted by Crippen LogP contribution is 2.31. The molecule has 1 aliphatic heterocycles. The van der Waals surface area contributed by atoms with Crippen molar-refractivity contribution < 1.29 is 14.3 Å². The molecule has 19 heavy (non-hydrogen) atoms. The standard InChI is InChI=1S/C13H11NO3S2/c1-14-11(15)10(19-13(14)18)7-8-3-5-9(6-4-8)12(16)17-2/h3-7H,1-2H3. The van der Waals surface area contributed by atoms with Gasteiger partial charge in [-0.15, -0.1) is 0 Å². The van der Waals surface area contributed by atoms with Crippen LogP contribution in [0.25, 0.3) is 6.08 Å². The van der Waals surface area contributed by atoms with E-state index in [0.29, 0.717) is 14.8 Å². The Morgan fingerprint density at radius 3 is 2.47 bits per heavy atom. The number of esters is 1. The third kappa shape index (κ3) is 2.85. The summed E-state index contributed by atoms with van der Waals surface area (Å²) in [6, 6.07) is 6.83. The number of thioether (sulfide) groups is 1. The quantitative estimate of drug-likeness (QED) is 0.476. The summed E-state index contributed by atoms with van der Waals surface area (Å²) in [5.41, 5.74) is 1.31. The summed E-state index contributed by atoms with van der Waals surface area (Å²) >= 11 is 6.32. The van der Waals surface area contributed by atoms with E-state index in [1.165, 1.54) is 23.8 Å². The van der Waals surface area contributed by atoms with Crippen LogP contribution >= 0.6 is 24.0 Å². The van der Waals surface area contributed by atoms with Crippen molar-refractivity contribution >= 4 is 46.3 Å². The number of hydrogen-bond acceptors (Lipinski definition) is 5. The van der Waals surface area contributed by atoms with Gasteiger partial charge in [-0.25, -0.2) is 4.79 Å². The zero-order chi connectivity index (χ0) is 14.0. The third-order valence-corrected chi connectivity index (χ3v) is 4.10. The van der Waals surface area contributed by atoms with Crippen LogP contribution in [-0.2, 0) is 9.53 Å². The topological polar surface area (TPSA) is 46.6 Å². The third-order valence-electron chi connectivity index (χ3n) is 2.62. The summed E-state index contributed by atoms with van der Waals surface area (Å²) in [5, 5.41) is 0. The molecule has 1 aromatic carbocycles. The summed E-state index contributed by atoms with van der Waals surface area (Å²) in [6.07, 6.45) is 1.75. The first-order chi connectivity index (χ1) is 9.02. The van der Waals surface area contributed by atoms with Crippen LogP contribution in [0.2, 0.25) is 0 Å². The maximum Gasteiger partial charge on any atom is 0.337 e. The van der Waals surface area contributed by atoms with Gasteiger partial charge in [0.05, 0.1) is 17.6 Å². The van der Waals surface area contributed by atoms with Crippen molar-refractivity contribution in [2.75, 3.05) is 14.2 Å². The van der Waals surface area contributed by atoms with Crippen LogP contribution < -0.4 is 0 Å². The number of methoxy groups -OCH3 is 1. The molecular formula is C13H11NO3S2. The molecule has 4 nitrogen and oxygen atoms in total. The molecule has 1 saturated heterocycles. The summed E-state index contributed by atoms with van der Waals surface area (Å²) in [4.78, 5) is 25.1. The minimum atomic E-state index is -0.383. The van der Waals surface area contributed by atoms with E-state index < -0.39 is 0 Å². The molecule has 0 radical (unpaired) electrons. The smallest absolute Gasteiger partial charge is 0.337 e. The molecule has 0 aromatic heterocycles. The van der Waals surface area contributed by atoms with Crippen molar-refractivity contribution in [3.63, 3.8) is 0 Å². The minimum absolute atomic E-state index is 0.105. The predicted octanol–water partition coefficient (Wildman–Crippen LogP) is 2.30. The first kappa shape index (κ1) is 13.8. The molecule has 1 amide bonds. The Labute approximate surface area is 120 Å². The van der Waals surface area contributed by atoms with Crippen molar-refractivity contribution in [3.8, 4) is 0 Å². The number of carbonyl (C=O) groups is 2. The number of benzene rings is 1. The summed E-state index contributed by atoms with van der Waals surface area (Å²) < 4.78 is 5.16. The molecule has 0 atom stereocenters. The van der Waals surface area contributed by atoms with Crippen molar-refractivity contribution in [2.24, 2.45) is 0 Å². The molecule has 1 aromatic rings. The van der Waals surface area contributed by atoms with E-state index in [1.807, 2.05) is 0 Å². The van der Waals surface area contributed by atoms with Crippen LogP contribution in [-0.4, -0.2) is 35.3 Å². The number of thiocarbonyl (C=S) groups is 1. The second kappa shape index (κ2) is 5.54. The summed E-state index contributed by atoms with van der Waals surface area (Å²) in [7, 11) is 2.99. The molecule has 2 rings (SSSR count). The Kier molecular flexibility index (Phi) is 4.01. The monoisotopic (exact) mass is 293 g/mol. The van der Waals surface area contributed by atoms with Gasteiger partial charge in [0.2, 0.25) is 0 Å². The number of amides is 1. The van der Waals surface area contributed by atoms with Crippen molar-refractivity contribution in [3.05, 3.63) is 40.3 Å². The Balaban J connectivity index is 2.23. The first-order valence-corrected chi connectivity index (χ1v) is 6.65. The fourth-order valence-corrected chi connectivity index (χ4v) is 2.71. The zero-order valence-electron chi connectivity index (χ0n) is 10.4. The van der Waals surface area contributed by atoms with E-state index in [0.717, 1.165) is 5.56 Å². The van der Waals surface area contributed by atoms with Crippen molar-refractivity contribution in [2.45, 2.75) is 0 Å². The molecule has 1 aliphatic rings. The van der Waals surface area contributed by atoms with Crippen LogP contribution in [0.3, 0.4) is 0 Å². The van der Waals surface area contributed by atoms with Gasteiger partial charge in [-0.05, 0) is 23.8 Å². The number of hydrogen-bond donors (Lipinski definition) is 0. The molecule has 1 fully saturated rings. The molecule has 0 N–H and O–H groups in total. The highest BCUT2D eigenvalue weighted by molar-refractivity contribution is 8.26. The van der Waals surface area contributed by atoms with E-state index in [2.05, 4.69) is 4.74 Å². The van der Waals surface area contributed by atoms with Gasteiger partial charge >= 0.3 is 5.97 Å². The second-order valence-electron chi connectivity index (χ2n) is 3.85. The van der Waals surface area contributed by atoms with Crippen LogP contribution in [0.1, 0.15) is 15.9 Å². The fourth-order valence-electron chi connectivity index (χ4n) is 1.53. The number of ether oxygens (including phenoxy) is 1. The van der Waals surface area contributed by atoms with Crippen LogP contribution in [0, 0.1) is 0 Å². The summed E-state index contributed by atoms with van der Waals surface area (Å²) in [6.45, 7) is 0. The van der Waals surface area contributed by atoms with E-state index in [4.69, 9.17) is 12.2 Å². The van der Waals surface area contributed by atoms with Crippen LogP contribution in [0.5, 0.6) is 0 Å². The molecule has 0 aliphatic carbocycles. The molecular weight excluding hydrogens is 282 g/mol. The molecule has 98 valence electrons. The van der Waals surface area contributed by atoms with Gasteiger partial charge < -0.3 is 4.74 Å². The van der Waals surface area contributed by atoms with Gasteiger partial charge in [0.1, 0.15) is 4.32 Å². The van der Waals surface area contributed by atoms with Crippen molar-refractivity contribution in [1.29, 1.82) is 0 Å². The normalized spacial score (nSPS) is 17.2. The zero-order valence-corrected chi connectivity index (χ0v) is 12.0. The summed E-state index contributed by atoms with van der Waals surface area (Å²) in [5.74, 6) is -0.488. The fraction of sp³-hybridized carbons (Fsp3) is 0.154. The average Bonchev–Trinajstić information content (AvgIpc) is 2.66. The van der Waals surface area contributed by atoms with E-state index in [1.54, 1.807) is 37.4 Å².